The maximum atomic E-state index is 12.8. The first-order chi connectivity index (χ1) is 13.9. The van der Waals surface area contributed by atoms with Crippen LogP contribution in [-0.2, 0) is 11.4 Å². The minimum Gasteiger partial charge on any atom is -0.324 e. The molecule has 0 spiro atoms. The zero-order valence-corrected chi connectivity index (χ0v) is 16.4. The molecule has 0 saturated heterocycles. The highest BCUT2D eigenvalue weighted by Crippen LogP contribution is 2.25. The third kappa shape index (κ3) is 3.19. The van der Waals surface area contributed by atoms with Gasteiger partial charge >= 0.3 is 5.97 Å². The highest BCUT2D eigenvalue weighted by molar-refractivity contribution is 6.31. The molecule has 3 aromatic rings. The molecule has 146 valence electrons. The second-order valence-electron chi connectivity index (χ2n) is 6.62. The fourth-order valence-corrected chi connectivity index (χ4v) is 3.51. The molecule has 0 unspecified atom stereocenters. The Hall–Kier alpha value is -3.45. The van der Waals surface area contributed by atoms with Gasteiger partial charge in [0.2, 0.25) is 0 Å². The van der Waals surface area contributed by atoms with Gasteiger partial charge in [-0.1, -0.05) is 47.0 Å². The van der Waals surface area contributed by atoms with Crippen molar-refractivity contribution in [2.24, 2.45) is 0 Å². The average molecular weight is 410 g/mol. The van der Waals surface area contributed by atoms with Gasteiger partial charge in [-0.2, -0.15) is 5.10 Å². The Labute approximate surface area is 171 Å². The molecule has 29 heavy (non-hydrogen) atoms. The second-order valence-corrected chi connectivity index (χ2v) is 7.03. The number of nitrogens with zero attached hydrogens (tertiary/aromatic N) is 3. The Morgan fingerprint density at radius 1 is 1.00 bits per heavy atom. The van der Waals surface area contributed by atoms with E-state index in [9.17, 15) is 14.4 Å². The molecule has 4 rings (SSSR count). The fraction of sp³-hybridized carbons (Fsp3) is 0.143. The number of imide groups is 1. The molecule has 0 bridgehead atoms. The quantitative estimate of drug-likeness (QED) is 0.615. The summed E-state index contributed by atoms with van der Waals surface area (Å²) in [7, 11) is 0. The summed E-state index contributed by atoms with van der Waals surface area (Å²) in [6.07, 6.45) is 0. The molecule has 1 aliphatic rings. The largest absolute Gasteiger partial charge is 0.367 e. The molecule has 0 N–H and O–H groups in total. The highest BCUT2D eigenvalue weighted by atomic mass is 35.5. The number of hydroxylamine groups is 2. The molecule has 8 heteroatoms. The summed E-state index contributed by atoms with van der Waals surface area (Å²) in [5, 5.41) is 5.48. The van der Waals surface area contributed by atoms with Crippen molar-refractivity contribution >= 4 is 29.4 Å². The summed E-state index contributed by atoms with van der Waals surface area (Å²) in [4.78, 5) is 42.8. The van der Waals surface area contributed by atoms with E-state index in [1.165, 1.54) is 12.1 Å². The van der Waals surface area contributed by atoms with Crippen LogP contribution in [-0.4, -0.2) is 32.6 Å². The van der Waals surface area contributed by atoms with Gasteiger partial charge in [-0.25, -0.2) is 4.79 Å². The molecule has 2 amide bonds. The fourth-order valence-electron chi connectivity index (χ4n) is 3.31. The van der Waals surface area contributed by atoms with Gasteiger partial charge in [0.1, 0.15) is 5.56 Å². The Morgan fingerprint density at radius 2 is 1.59 bits per heavy atom. The van der Waals surface area contributed by atoms with E-state index in [1.54, 1.807) is 36.7 Å². The lowest BCUT2D eigenvalue weighted by atomic mass is 10.1. The standard InChI is InChI=1S/C21H16ClN3O4/c1-12-18(13(2)24(23-12)11-14-7-3-6-10-17(14)22)21(28)29-25-19(26)15-8-4-5-9-16(15)20(25)27/h3-10H,11H2,1-2H3. The van der Waals surface area contributed by atoms with Gasteiger partial charge in [0.25, 0.3) is 11.8 Å². The van der Waals surface area contributed by atoms with Crippen molar-refractivity contribution in [1.82, 2.24) is 14.8 Å². The van der Waals surface area contributed by atoms with Gasteiger partial charge in [0.05, 0.1) is 29.1 Å². The topological polar surface area (TPSA) is 81.5 Å². The molecule has 7 nitrogen and oxygen atoms in total. The molecule has 0 radical (unpaired) electrons. The van der Waals surface area contributed by atoms with Crippen molar-refractivity contribution < 1.29 is 19.2 Å². The zero-order valence-electron chi connectivity index (χ0n) is 15.7. The first-order valence-corrected chi connectivity index (χ1v) is 9.23. The number of carbonyl (C=O) groups is 3. The highest BCUT2D eigenvalue weighted by Gasteiger charge is 2.39. The number of benzene rings is 2. The van der Waals surface area contributed by atoms with E-state index in [0.29, 0.717) is 28.0 Å². The van der Waals surface area contributed by atoms with Crippen LogP contribution in [0.5, 0.6) is 0 Å². The Balaban J connectivity index is 1.59. The van der Waals surface area contributed by atoms with E-state index in [-0.39, 0.29) is 16.7 Å². The Bertz CT molecular complexity index is 1130. The molecule has 2 aromatic carbocycles. The predicted molar refractivity (Wildman–Crippen MR) is 105 cm³/mol. The van der Waals surface area contributed by atoms with Crippen LogP contribution in [0.3, 0.4) is 0 Å². The van der Waals surface area contributed by atoms with E-state index >= 15 is 0 Å². The maximum absolute atomic E-state index is 12.8. The van der Waals surface area contributed by atoms with Crippen LogP contribution < -0.4 is 0 Å². The van der Waals surface area contributed by atoms with Crippen LogP contribution in [0.2, 0.25) is 5.02 Å². The summed E-state index contributed by atoms with van der Waals surface area (Å²) < 4.78 is 1.63. The molecule has 2 heterocycles. The summed E-state index contributed by atoms with van der Waals surface area (Å²) in [6, 6.07) is 13.7. The summed E-state index contributed by atoms with van der Waals surface area (Å²) in [6.45, 7) is 3.75. The van der Waals surface area contributed by atoms with Crippen molar-refractivity contribution in [1.29, 1.82) is 0 Å². The van der Waals surface area contributed by atoms with Crippen molar-refractivity contribution in [3.05, 3.63) is 87.2 Å². The van der Waals surface area contributed by atoms with Gasteiger partial charge in [-0.05, 0) is 37.6 Å². The third-order valence-corrected chi connectivity index (χ3v) is 5.16. The maximum Gasteiger partial charge on any atom is 0.367 e. The van der Waals surface area contributed by atoms with Crippen molar-refractivity contribution in [3.63, 3.8) is 0 Å². The number of aromatic nitrogens is 2. The van der Waals surface area contributed by atoms with E-state index < -0.39 is 17.8 Å². The van der Waals surface area contributed by atoms with Crippen molar-refractivity contribution in [2.75, 3.05) is 0 Å². The number of halogens is 1. The molecule has 0 saturated carbocycles. The zero-order chi connectivity index (χ0) is 20.7. The van der Waals surface area contributed by atoms with Crippen LogP contribution in [0.1, 0.15) is 48.0 Å². The average Bonchev–Trinajstić information content (AvgIpc) is 3.12. The summed E-state index contributed by atoms with van der Waals surface area (Å²) in [5.74, 6) is -2.16. The lowest BCUT2D eigenvalue weighted by Gasteiger charge is -2.13. The molecule has 1 aliphatic heterocycles. The predicted octanol–water partition coefficient (Wildman–Crippen LogP) is 3.57. The summed E-state index contributed by atoms with van der Waals surface area (Å²) >= 11 is 6.21. The monoisotopic (exact) mass is 409 g/mol. The number of hydrogen-bond donors (Lipinski definition) is 0. The third-order valence-electron chi connectivity index (χ3n) is 4.79. The van der Waals surface area contributed by atoms with Crippen LogP contribution >= 0.6 is 11.6 Å². The molecule has 0 fully saturated rings. The van der Waals surface area contributed by atoms with Crippen molar-refractivity contribution in [3.8, 4) is 0 Å². The lowest BCUT2D eigenvalue weighted by Crippen LogP contribution is -2.33. The number of fused-ring (bicyclic) bond motifs is 1. The van der Waals surface area contributed by atoms with E-state index in [1.807, 2.05) is 18.2 Å². The van der Waals surface area contributed by atoms with Gasteiger partial charge in [0, 0.05) is 5.02 Å². The number of hydrogen-bond acceptors (Lipinski definition) is 5. The van der Waals surface area contributed by atoms with Gasteiger partial charge < -0.3 is 4.84 Å². The van der Waals surface area contributed by atoms with E-state index in [0.717, 1.165) is 5.56 Å². The molecular weight excluding hydrogens is 394 g/mol. The smallest absolute Gasteiger partial charge is 0.324 e. The van der Waals surface area contributed by atoms with Gasteiger partial charge in [-0.3, -0.25) is 14.3 Å². The van der Waals surface area contributed by atoms with Gasteiger partial charge in [-0.15, -0.1) is 0 Å². The first kappa shape index (κ1) is 18.9. The van der Waals surface area contributed by atoms with E-state index in [2.05, 4.69) is 5.10 Å². The van der Waals surface area contributed by atoms with E-state index in [4.69, 9.17) is 16.4 Å². The second kappa shape index (κ2) is 7.18. The molecular formula is C21H16ClN3O4. The minimum atomic E-state index is -0.820. The SMILES string of the molecule is Cc1nn(Cc2ccccc2Cl)c(C)c1C(=O)ON1C(=O)c2ccccc2C1=O. The molecule has 1 aromatic heterocycles. The Kier molecular flexibility index (Phi) is 4.68. The summed E-state index contributed by atoms with van der Waals surface area (Å²) in [5.41, 5.74) is 2.43. The van der Waals surface area contributed by atoms with Crippen molar-refractivity contribution in [2.45, 2.75) is 20.4 Å². The molecule has 0 aliphatic carbocycles. The van der Waals surface area contributed by atoms with Gasteiger partial charge in [0.15, 0.2) is 0 Å². The number of rotatable bonds is 4. The minimum absolute atomic E-state index is 0.202. The van der Waals surface area contributed by atoms with Crippen LogP contribution in [0, 0.1) is 13.8 Å². The lowest BCUT2D eigenvalue weighted by molar-refractivity contribution is -0.0585. The molecule has 0 atom stereocenters. The number of carbonyl (C=O) groups excluding carboxylic acids is 3. The normalized spacial score (nSPS) is 13.0. The van der Waals surface area contributed by atoms with Crippen LogP contribution in [0.15, 0.2) is 48.5 Å². The first-order valence-electron chi connectivity index (χ1n) is 8.86. The number of amides is 2. The van der Waals surface area contributed by atoms with Crippen LogP contribution in [0.25, 0.3) is 0 Å². The Morgan fingerprint density at radius 3 is 2.21 bits per heavy atom. The number of aryl methyl sites for hydroxylation is 1. The van der Waals surface area contributed by atoms with Crippen LogP contribution in [0.4, 0.5) is 0 Å².